The highest BCUT2D eigenvalue weighted by Crippen LogP contribution is 2.67. The summed E-state index contributed by atoms with van der Waals surface area (Å²) in [5.41, 5.74) is 4.07. The lowest BCUT2D eigenvalue weighted by molar-refractivity contribution is -0.194. The summed E-state index contributed by atoms with van der Waals surface area (Å²) >= 11 is 0. The Bertz CT molecular complexity index is 1890. The van der Waals surface area contributed by atoms with E-state index in [0.717, 1.165) is 67.1 Å². The van der Waals surface area contributed by atoms with E-state index in [1.165, 1.54) is 11.1 Å². The molecule has 1 spiro atoms. The van der Waals surface area contributed by atoms with Crippen LogP contribution in [0.4, 0.5) is 0 Å². The summed E-state index contributed by atoms with van der Waals surface area (Å²) in [7, 11) is 3.56. The second-order valence-corrected chi connectivity index (χ2v) is 19.6. The summed E-state index contributed by atoms with van der Waals surface area (Å²) in [5.74, 6) is -0.932. The normalized spacial score (nSPS) is 35.8. The molecule has 5 aliphatic rings. The number of allylic oxidation sites excluding steroid dienone is 9. The molecule has 0 aromatic heterocycles. The molecule has 0 amide bonds. The van der Waals surface area contributed by atoms with Gasteiger partial charge < -0.3 is 45.4 Å². The van der Waals surface area contributed by atoms with E-state index in [1.54, 1.807) is 7.11 Å². The van der Waals surface area contributed by atoms with Crippen molar-refractivity contribution in [2.45, 2.75) is 114 Å². The van der Waals surface area contributed by atoms with Gasteiger partial charge in [0.2, 0.25) is 0 Å². The maximum absolute atomic E-state index is 13.0. The van der Waals surface area contributed by atoms with Crippen molar-refractivity contribution >= 4 is 6.29 Å². The standard InChI is InChI=1S/C52H76N2O9/c1-34(45-26-36-10-7-11-37(25-36)28-50(3,21-24-62-5)54-49(60)40-13-8-12-39(45)27-40)9-6-14-42(32-63-33-43(58)31-57)44-17-19-52(48(44)59)47-38(18-23-55)15-16-41(46(47)35(2)30-56)29-51(52,61)20-22-53-4/h6-7,9-11,14-16,25,27,30,38-39,41,43-45,47-49,53-55,57-61H,1,8,12-13,17-24,26,28-29,31-33H2,2-5H3/b9-6+,42-14-,46-35?/t38-,39-,41-,43+,44-,45+,47-,48+,49-,50+,51+,52+/m0/s1. The second-order valence-electron chi connectivity index (χ2n) is 19.6. The fraction of sp³-hybridized carbons (Fsp3) is 0.635. The molecule has 1 aliphatic heterocycles. The molecule has 2 fully saturated rings. The minimum Gasteiger partial charge on any atom is -0.396 e. The van der Waals surface area contributed by atoms with Crippen molar-refractivity contribution in [3.8, 4) is 0 Å². The van der Waals surface area contributed by atoms with Crippen LogP contribution in [0.5, 0.6) is 0 Å². The lowest BCUT2D eigenvalue weighted by atomic mass is 9.45. The molecule has 11 heteroatoms. The van der Waals surface area contributed by atoms with E-state index >= 15 is 0 Å². The lowest BCUT2D eigenvalue weighted by Gasteiger charge is -2.61. The molecular weight excluding hydrogens is 797 g/mol. The zero-order valence-electron chi connectivity index (χ0n) is 38.2. The number of carbonyl (C=O) groups excluding carboxylic acids is 1. The summed E-state index contributed by atoms with van der Waals surface area (Å²) in [4.78, 5) is 12.5. The zero-order chi connectivity index (χ0) is 45.4. The Morgan fingerprint density at radius 3 is 2.65 bits per heavy atom. The van der Waals surface area contributed by atoms with Gasteiger partial charge in [-0.25, -0.2) is 0 Å². The smallest absolute Gasteiger partial charge is 0.145 e. The molecule has 6 rings (SSSR count). The quantitative estimate of drug-likeness (QED) is 0.0428. The number of fused-ring (bicyclic) bond motifs is 6. The molecule has 2 saturated carbocycles. The van der Waals surface area contributed by atoms with Crippen LogP contribution in [0.1, 0.15) is 82.8 Å². The van der Waals surface area contributed by atoms with Crippen LogP contribution in [0.15, 0.2) is 95.2 Å². The van der Waals surface area contributed by atoms with E-state index in [0.29, 0.717) is 50.8 Å². The predicted octanol–water partition coefficient (Wildman–Crippen LogP) is 5.06. The number of nitrogens with one attached hydrogen (secondary N) is 2. The minimum atomic E-state index is -1.28. The fourth-order valence-corrected chi connectivity index (χ4v) is 12.3. The number of methoxy groups -OCH3 is 1. The van der Waals surface area contributed by atoms with Gasteiger partial charge in [-0.2, -0.15) is 0 Å². The Kier molecular flexibility index (Phi) is 17.2. The molecule has 1 heterocycles. The molecule has 1 aromatic rings. The van der Waals surface area contributed by atoms with Gasteiger partial charge in [-0.15, -0.1) is 0 Å². The van der Waals surface area contributed by atoms with Crippen molar-refractivity contribution in [2.24, 2.45) is 40.9 Å². The average molecular weight is 873 g/mol. The molecule has 8 N–H and O–H groups in total. The number of hydrogen-bond donors (Lipinski definition) is 8. The van der Waals surface area contributed by atoms with E-state index in [4.69, 9.17) is 9.47 Å². The van der Waals surface area contributed by atoms with Crippen molar-refractivity contribution in [2.75, 3.05) is 53.7 Å². The molecule has 63 heavy (non-hydrogen) atoms. The number of ether oxygens (including phenoxy) is 2. The first-order valence-corrected chi connectivity index (χ1v) is 23.4. The topological polar surface area (TPSA) is 181 Å². The molecule has 12 atom stereocenters. The molecule has 4 aliphatic carbocycles. The van der Waals surface area contributed by atoms with Crippen molar-refractivity contribution in [1.82, 2.24) is 10.6 Å². The molecule has 11 nitrogen and oxygen atoms in total. The first-order valence-electron chi connectivity index (χ1n) is 23.4. The Hall–Kier alpha value is -3.07. The predicted molar refractivity (Wildman–Crippen MR) is 246 cm³/mol. The van der Waals surface area contributed by atoms with E-state index in [1.807, 2.05) is 32.2 Å². The number of aldehydes is 1. The third kappa shape index (κ3) is 10.8. The number of carbonyl (C=O) groups is 1. The van der Waals surface area contributed by atoms with Crippen LogP contribution in [0.25, 0.3) is 0 Å². The van der Waals surface area contributed by atoms with Gasteiger partial charge in [-0.05, 0) is 150 Å². The van der Waals surface area contributed by atoms with Gasteiger partial charge in [-0.1, -0.05) is 78.4 Å². The molecule has 0 radical (unpaired) electrons. The number of aliphatic hydroxyl groups is 6. The van der Waals surface area contributed by atoms with E-state index in [2.05, 4.69) is 66.6 Å². The Balaban J connectivity index is 1.36. The fourth-order valence-electron chi connectivity index (χ4n) is 12.3. The molecule has 6 bridgehead atoms. The molecule has 0 saturated heterocycles. The van der Waals surface area contributed by atoms with E-state index in [-0.39, 0.29) is 54.9 Å². The van der Waals surface area contributed by atoms with Crippen LogP contribution in [0.3, 0.4) is 0 Å². The van der Waals surface area contributed by atoms with Crippen LogP contribution in [0.2, 0.25) is 0 Å². The van der Waals surface area contributed by atoms with Gasteiger partial charge in [-0.3, -0.25) is 10.1 Å². The minimum absolute atomic E-state index is 0.0536. The van der Waals surface area contributed by atoms with E-state index in [9.17, 15) is 35.4 Å². The highest BCUT2D eigenvalue weighted by atomic mass is 16.5. The summed E-state index contributed by atoms with van der Waals surface area (Å²) in [5, 5.41) is 74.5. The van der Waals surface area contributed by atoms with Crippen LogP contribution in [-0.2, 0) is 27.1 Å². The largest absolute Gasteiger partial charge is 0.396 e. The number of rotatable bonds is 18. The molecule has 0 unspecified atom stereocenters. The van der Waals surface area contributed by atoms with Crippen LogP contribution in [-0.4, -0.2) is 120 Å². The van der Waals surface area contributed by atoms with Crippen molar-refractivity contribution < 1.29 is 44.9 Å². The van der Waals surface area contributed by atoms with E-state index < -0.39 is 42.0 Å². The summed E-state index contributed by atoms with van der Waals surface area (Å²) in [6.07, 6.45) is 17.8. The lowest BCUT2D eigenvalue weighted by Crippen LogP contribution is -2.65. The highest BCUT2D eigenvalue weighted by molar-refractivity contribution is 5.74. The number of aliphatic hydroxyl groups excluding tert-OH is 5. The Labute approximate surface area is 375 Å². The van der Waals surface area contributed by atoms with Crippen LogP contribution < -0.4 is 10.6 Å². The third-order valence-corrected chi connectivity index (χ3v) is 15.4. The van der Waals surface area contributed by atoms with Crippen molar-refractivity contribution in [1.29, 1.82) is 0 Å². The second kappa shape index (κ2) is 21.9. The number of hydrogen-bond acceptors (Lipinski definition) is 11. The van der Waals surface area contributed by atoms with Gasteiger partial charge in [0.1, 0.15) is 18.6 Å². The SMILES string of the molecule is C=C(/C=C/C=C(/COC[C@H](O)CO)[C@@H]1CC[C@]2([C@@H]1O)[C@@H]1C(=C(C)C=O)[C@@H](C=C[C@H]1CCO)C[C@]2(O)CCNC)[C@H]1Cc2cccc(c2)C[C@@](C)(CCOC)N[C@@H](O)C2=C[C@@H]1CCC2. The Morgan fingerprint density at radius 2 is 1.92 bits per heavy atom. The first kappa shape index (κ1) is 49.4. The van der Waals surface area contributed by atoms with Gasteiger partial charge in [0.25, 0.3) is 0 Å². The van der Waals surface area contributed by atoms with Gasteiger partial charge >= 0.3 is 0 Å². The average Bonchev–Trinajstić information content (AvgIpc) is 3.62. The highest BCUT2D eigenvalue weighted by Gasteiger charge is 2.68. The summed E-state index contributed by atoms with van der Waals surface area (Å²) < 4.78 is 11.5. The third-order valence-electron chi connectivity index (χ3n) is 15.4. The monoisotopic (exact) mass is 873 g/mol. The number of benzene rings is 1. The van der Waals surface area contributed by atoms with Crippen LogP contribution in [0, 0.1) is 40.9 Å². The summed E-state index contributed by atoms with van der Waals surface area (Å²) in [6, 6.07) is 8.73. The van der Waals surface area contributed by atoms with Gasteiger partial charge in [0.15, 0.2) is 0 Å². The Morgan fingerprint density at radius 1 is 1.13 bits per heavy atom. The van der Waals surface area contributed by atoms with Crippen LogP contribution >= 0.6 is 0 Å². The van der Waals surface area contributed by atoms with Gasteiger partial charge in [0.05, 0.1) is 31.5 Å². The molecule has 348 valence electrons. The first-order chi connectivity index (χ1) is 30.3. The molecular formula is C52H76N2O9. The van der Waals surface area contributed by atoms with Gasteiger partial charge in [0, 0.05) is 43.1 Å². The maximum atomic E-state index is 13.0. The zero-order valence-corrected chi connectivity index (χ0v) is 38.2. The van der Waals surface area contributed by atoms with Crippen molar-refractivity contribution in [3.05, 3.63) is 106 Å². The molecule has 1 aromatic carbocycles. The van der Waals surface area contributed by atoms with Crippen molar-refractivity contribution in [3.63, 3.8) is 0 Å². The summed E-state index contributed by atoms with van der Waals surface area (Å²) in [6.45, 7) is 9.25. The maximum Gasteiger partial charge on any atom is 0.145 e.